The molecule has 1 aliphatic heterocycles. The Kier molecular flexibility index (Phi) is 33.5. The number of carbonyl (C=O) groups is 10. The molecule has 2 aromatic rings. The van der Waals surface area contributed by atoms with Gasteiger partial charge in [0, 0.05) is 48.7 Å². The maximum absolute atomic E-state index is 12.4. The Hall–Kier alpha value is -6.42. The van der Waals surface area contributed by atoms with Crippen LogP contribution in [0.1, 0.15) is 99.6 Å². The maximum Gasteiger partial charge on any atom is 0.329 e. The zero-order chi connectivity index (χ0) is 55.7. The number of carbonyl (C=O) groups excluding carboxylic acids is 9. The van der Waals surface area contributed by atoms with E-state index in [-0.39, 0.29) is 76.4 Å². The summed E-state index contributed by atoms with van der Waals surface area (Å²) in [5.74, 6) is -8.83. The first kappa shape index (κ1) is 67.7. The number of hydrogen-bond donors (Lipinski definition) is 1. The van der Waals surface area contributed by atoms with Gasteiger partial charge < -0.3 is 52.5 Å². The molecule has 1 N–H and O–H groups in total. The second-order valence-corrected chi connectivity index (χ2v) is 18.0. The molecule has 72 heavy (non-hydrogen) atoms. The van der Waals surface area contributed by atoms with E-state index in [1.54, 1.807) is 60.6 Å². The smallest absolute Gasteiger partial charge is 0.329 e. The molecule has 0 amide bonds. The number of carboxylic acid groups (broad SMARTS) is 1. The van der Waals surface area contributed by atoms with Crippen molar-refractivity contribution >= 4 is 59.1 Å². The van der Waals surface area contributed by atoms with E-state index in [4.69, 9.17) is 28.8 Å². The van der Waals surface area contributed by atoms with Crippen molar-refractivity contribution in [1.29, 1.82) is 0 Å². The first-order valence-electron chi connectivity index (χ1n) is 22.4. The van der Waals surface area contributed by atoms with Crippen molar-refractivity contribution in [3.63, 3.8) is 0 Å². The number of esters is 6. The van der Waals surface area contributed by atoms with Crippen LogP contribution in [-0.4, -0.2) is 136 Å². The van der Waals surface area contributed by atoms with E-state index >= 15 is 0 Å². The third-order valence-electron chi connectivity index (χ3n) is 8.20. The fourth-order valence-corrected chi connectivity index (χ4v) is 5.29. The van der Waals surface area contributed by atoms with Crippen LogP contribution in [0.2, 0.25) is 0 Å². The number of cyclic esters (lactones) is 2. The predicted molar refractivity (Wildman–Crippen MR) is 256 cm³/mol. The molecule has 404 valence electrons. The van der Waals surface area contributed by atoms with E-state index in [9.17, 15) is 47.9 Å². The van der Waals surface area contributed by atoms with Crippen LogP contribution in [0.15, 0.2) is 60.7 Å². The van der Waals surface area contributed by atoms with Crippen LogP contribution >= 0.6 is 0 Å². The van der Waals surface area contributed by atoms with Crippen LogP contribution in [-0.2, 0) is 109 Å². The van der Waals surface area contributed by atoms with Crippen LogP contribution in [0.25, 0.3) is 0 Å². The number of ketones is 3. The van der Waals surface area contributed by atoms with Crippen LogP contribution in [0.5, 0.6) is 0 Å². The van der Waals surface area contributed by atoms with Gasteiger partial charge in [0.2, 0.25) is 0 Å². The third kappa shape index (κ3) is 35.6. The van der Waals surface area contributed by atoms with Crippen LogP contribution < -0.4 is 0 Å². The Labute approximate surface area is 421 Å². The number of ether oxygens (including phenoxy) is 10. The van der Waals surface area contributed by atoms with Crippen molar-refractivity contribution in [3.8, 4) is 0 Å². The molecule has 0 spiro atoms. The Bertz CT molecular complexity index is 1980. The number of methoxy groups -OCH3 is 4. The first-order chi connectivity index (χ1) is 33.4. The van der Waals surface area contributed by atoms with Gasteiger partial charge in [0.05, 0.1) is 11.8 Å². The summed E-state index contributed by atoms with van der Waals surface area (Å²) in [6.45, 7) is 16.5. The third-order valence-corrected chi connectivity index (χ3v) is 8.20. The molecule has 1 fully saturated rings. The Balaban J connectivity index is 0. The Morgan fingerprint density at radius 1 is 0.597 bits per heavy atom. The normalized spacial score (nSPS) is 13.6. The van der Waals surface area contributed by atoms with Gasteiger partial charge in [-0.05, 0) is 52.7 Å². The molecule has 3 rings (SSSR count). The van der Waals surface area contributed by atoms with E-state index in [0.29, 0.717) is 0 Å². The second-order valence-electron chi connectivity index (χ2n) is 18.0. The molecule has 21 nitrogen and oxygen atoms in total. The summed E-state index contributed by atoms with van der Waals surface area (Å²) in [6, 6.07) is 18.4. The quantitative estimate of drug-likeness (QED) is 0.0933. The molecule has 1 heterocycles. The molecule has 0 radical (unpaired) electrons. The fraction of sp³-hybridized carbons (Fsp3) is 0.569. The average molecular weight is 1020 g/mol. The molecular weight excluding hydrogens is 949 g/mol. The molecular formula is C51H74O21. The van der Waals surface area contributed by atoms with Gasteiger partial charge >= 0.3 is 41.8 Å². The minimum atomic E-state index is -1.27. The van der Waals surface area contributed by atoms with Gasteiger partial charge in [-0.15, -0.1) is 0 Å². The lowest BCUT2D eigenvalue weighted by molar-refractivity contribution is -0.231. The largest absolute Gasteiger partial charge is 0.480 e. The van der Waals surface area contributed by atoms with Gasteiger partial charge in [-0.25, -0.2) is 4.79 Å². The highest BCUT2D eigenvalue weighted by Crippen LogP contribution is 2.22. The Morgan fingerprint density at radius 3 is 1.40 bits per heavy atom. The summed E-state index contributed by atoms with van der Waals surface area (Å²) in [5, 5.41) is 7.79. The SMILES string of the molecule is CC1(C)OC(=O)CC(=O)O1.COCC(=O)C(C(=O)OCc1ccccc1)C(C)C(=O)OC(C)(C)C.COCC(=O)CC(=O)OCc1ccccc1.COCC(=O)CC(C)C(=O)OC(C)(C)C.COCC(=O)O. The van der Waals surface area contributed by atoms with E-state index in [2.05, 4.69) is 23.7 Å². The fourth-order valence-electron chi connectivity index (χ4n) is 5.29. The molecule has 2 aromatic carbocycles. The lowest BCUT2D eigenvalue weighted by Gasteiger charge is -2.28. The minimum Gasteiger partial charge on any atom is -0.480 e. The predicted octanol–water partition coefficient (Wildman–Crippen LogP) is 5.37. The summed E-state index contributed by atoms with van der Waals surface area (Å²) in [4.78, 5) is 112. The standard InChI is InChI=1S/C19H26O6.C12H14O4.C11H20O4.C6H8O4.C3H6O3/c1-13(17(21)25-19(2,3)4)16(15(20)12-23-5)18(22)24-11-14-9-7-6-8-10-14;1-15-9-11(13)7-12(14)16-8-10-5-3-2-4-6-10;1-8(6-9(12)7-14-5)10(13)15-11(2,3)4;1-6(2)9-4(7)3-5(8)10-6;1-6-2-3(4)5/h6-10,13,16H,11-12H2,1-5H3;2-6H,7-9H2,1H3;8H,6-7H2,1-5H3;3H2,1-2H3;2H2,1H3,(H,4,5). The Morgan fingerprint density at radius 2 is 1.01 bits per heavy atom. The van der Waals surface area contributed by atoms with E-state index in [0.717, 1.165) is 11.1 Å². The summed E-state index contributed by atoms with van der Waals surface area (Å²) >= 11 is 0. The van der Waals surface area contributed by atoms with Crippen molar-refractivity contribution < 1.29 is 100 Å². The number of carboxylic acids is 1. The van der Waals surface area contributed by atoms with Crippen LogP contribution in [0.3, 0.4) is 0 Å². The zero-order valence-electron chi connectivity index (χ0n) is 44.0. The van der Waals surface area contributed by atoms with Crippen molar-refractivity contribution in [1.82, 2.24) is 0 Å². The maximum atomic E-state index is 12.4. The molecule has 1 saturated heterocycles. The second kappa shape index (κ2) is 35.6. The van der Waals surface area contributed by atoms with Crippen LogP contribution in [0, 0.1) is 17.8 Å². The number of rotatable bonds is 21. The van der Waals surface area contributed by atoms with E-state index < -0.39 is 76.3 Å². The highest BCUT2D eigenvalue weighted by molar-refractivity contribution is 6.03. The lowest BCUT2D eigenvalue weighted by atomic mass is 9.90. The van der Waals surface area contributed by atoms with Gasteiger partial charge in [-0.2, -0.15) is 0 Å². The summed E-state index contributed by atoms with van der Waals surface area (Å²) < 4.78 is 48.2. The highest BCUT2D eigenvalue weighted by atomic mass is 16.7. The molecule has 0 bridgehead atoms. The van der Waals surface area contributed by atoms with Gasteiger partial charge in [0.1, 0.15) is 69.6 Å². The zero-order valence-corrected chi connectivity index (χ0v) is 44.0. The number of aliphatic carboxylic acids is 1. The van der Waals surface area contributed by atoms with Crippen molar-refractivity contribution in [2.45, 2.75) is 119 Å². The minimum absolute atomic E-state index is 0.0253. The van der Waals surface area contributed by atoms with Gasteiger partial charge in [-0.3, -0.25) is 43.2 Å². The first-order valence-corrected chi connectivity index (χ1v) is 22.4. The molecule has 1 aliphatic rings. The van der Waals surface area contributed by atoms with E-state index in [1.165, 1.54) is 49.2 Å². The van der Waals surface area contributed by atoms with E-state index in [1.807, 2.05) is 48.5 Å². The lowest BCUT2D eigenvalue weighted by Crippen LogP contribution is -2.40. The molecule has 0 aliphatic carbocycles. The molecule has 3 atom stereocenters. The van der Waals surface area contributed by atoms with Crippen molar-refractivity contribution in [3.05, 3.63) is 71.8 Å². The number of Topliss-reactive ketones (excluding diaryl/α,β-unsaturated/α-hetero) is 3. The molecule has 21 heteroatoms. The average Bonchev–Trinajstić information content (AvgIpc) is 3.25. The monoisotopic (exact) mass is 1020 g/mol. The van der Waals surface area contributed by atoms with Crippen LogP contribution in [0.4, 0.5) is 0 Å². The highest BCUT2D eigenvalue weighted by Gasteiger charge is 2.39. The van der Waals surface area contributed by atoms with Gasteiger partial charge in [0.25, 0.3) is 5.79 Å². The number of benzene rings is 2. The summed E-state index contributed by atoms with van der Waals surface area (Å²) in [6.07, 6.45) is -0.340. The molecule has 0 saturated carbocycles. The summed E-state index contributed by atoms with van der Waals surface area (Å²) in [5.41, 5.74) is 0.470. The molecule has 3 unspecified atom stereocenters. The van der Waals surface area contributed by atoms with Gasteiger partial charge in [0.15, 0.2) is 17.3 Å². The van der Waals surface area contributed by atoms with Crippen molar-refractivity contribution in [2.75, 3.05) is 54.9 Å². The topological polar surface area (TPSA) is 283 Å². The van der Waals surface area contributed by atoms with Crippen molar-refractivity contribution in [2.24, 2.45) is 17.8 Å². The molecule has 0 aromatic heterocycles. The van der Waals surface area contributed by atoms with Gasteiger partial charge in [-0.1, -0.05) is 74.5 Å². The number of hydrogen-bond acceptors (Lipinski definition) is 20. The summed E-state index contributed by atoms with van der Waals surface area (Å²) in [7, 11) is 5.56.